The zero-order chi connectivity index (χ0) is 26.8. The van der Waals surface area contributed by atoms with Crippen molar-refractivity contribution < 1.29 is 0 Å². The molecule has 3 nitrogen and oxygen atoms in total. The Bertz CT molecular complexity index is 2280. The van der Waals surface area contributed by atoms with E-state index < -0.39 is 0 Å². The number of benzene rings is 4. The van der Waals surface area contributed by atoms with E-state index in [4.69, 9.17) is 0 Å². The molecule has 4 heterocycles. The van der Waals surface area contributed by atoms with Crippen LogP contribution in [0, 0.1) is 0 Å². The number of allylic oxidation sites excluding steroid dienone is 1. The highest BCUT2D eigenvalue weighted by atomic mass is 32.1. The van der Waals surface area contributed by atoms with Crippen LogP contribution in [0.4, 0.5) is 0 Å². The molecular weight excluding hydrogens is 506 g/mol. The summed E-state index contributed by atoms with van der Waals surface area (Å²) in [6.45, 7) is 6.42. The number of hydrogen-bond donors (Lipinski definition) is 0. The highest BCUT2D eigenvalue weighted by molar-refractivity contribution is 7.27. The summed E-state index contributed by atoms with van der Waals surface area (Å²) < 4.78 is 7.46. The van der Waals surface area contributed by atoms with Crippen LogP contribution < -0.4 is 0 Å². The van der Waals surface area contributed by atoms with Crippen molar-refractivity contribution in [3.63, 3.8) is 0 Å². The molecule has 0 spiro atoms. The number of thiophene rings is 1. The average Bonchev–Trinajstić information content (AvgIpc) is 3.65. The second kappa shape index (κ2) is 8.80. The summed E-state index contributed by atoms with van der Waals surface area (Å²) in [7, 11) is 0. The van der Waals surface area contributed by atoms with Crippen LogP contribution in [0.1, 0.15) is 18.2 Å². The molecule has 0 aliphatic heterocycles. The summed E-state index contributed by atoms with van der Waals surface area (Å²) in [5.41, 5.74) is 8.07. The van der Waals surface area contributed by atoms with Gasteiger partial charge in [-0.25, -0.2) is 0 Å². The summed E-state index contributed by atoms with van der Waals surface area (Å²) in [6, 6.07) is 32.5. The minimum atomic E-state index is 1.08. The fourth-order valence-corrected chi connectivity index (χ4v) is 7.65. The van der Waals surface area contributed by atoms with E-state index in [0.717, 1.165) is 22.6 Å². The van der Waals surface area contributed by atoms with E-state index in [-0.39, 0.29) is 0 Å². The highest BCUT2D eigenvalue weighted by Gasteiger charge is 2.27. The van der Waals surface area contributed by atoms with E-state index >= 15 is 0 Å². The van der Waals surface area contributed by atoms with Gasteiger partial charge >= 0.3 is 0 Å². The molecule has 0 saturated heterocycles. The van der Waals surface area contributed by atoms with Crippen LogP contribution in [0.25, 0.3) is 76.4 Å². The Labute approximate surface area is 235 Å². The predicted octanol–water partition coefficient (Wildman–Crippen LogP) is 10.2. The van der Waals surface area contributed by atoms with Crippen molar-refractivity contribution in [1.82, 2.24) is 14.1 Å². The van der Waals surface area contributed by atoms with Crippen LogP contribution in [0.3, 0.4) is 0 Å². The summed E-state index contributed by atoms with van der Waals surface area (Å²) >= 11 is 1.89. The van der Waals surface area contributed by atoms with Gasteiger partial charge in [0, 0.05) is 65.7 Å². The van der Waals surface area contributed by atoms with Crippen molar-refractivity contribution in [2.45, 2.75) is 6.92 Å². The molecule has 8 rings (SSSR count). The zero-order valence-corrected chi connectivity index (χ0v) is 22.8. The molecule has 0 unspecified atom stereocenters. The Morgan fingerprint density at radius 3 is 2.15 bits per heavy atom. The monoisotopic (exact) mass is 531 g/mol. The minimum absolute atomic E-state index is 1.08. The first-order valence-corrected chi connectivity index (χ1v) is 14.3. The maximum absolute atomic E-state index is 4.34. The third-order valence-electron chi connectivity index (χ3n) is 7.88. The molecule has 4 aromatic heterocycles. The van der Waals surface area contributed by atoms with E-state index in [9.17, 15) is 0 Å². The topological polar surface area (TPSA) is 22.8 Å². The quantitative estimate of drug-likeness (QED) is 0.221. The first-order chi connectivity index (χ1) is 19.8. The fourth-order valence-electron chi connectivity index (χ4n) is 6.38. The minimum Gasteiger partial charge on any atom is -0.307 e. The van der Waals surface area contributed by atoms with Crippen molar-refractivity contribution >= 4 is 76.4 Å². The Balaban J connectivity index is 1.80. The van der Waals surface area contributed by atoms with E-state index in [2.05, 4.69) is 131 Å². The third-order valence-corrected chi connectivity index (χ3v) is 9.07. The molecule has 0 atom stereocenters. The fraction of sp³-hybridized carbons (Fsp3) is 0.0278. The molecule has 8 aromatic rings. The molecule has 0 fully saturated rings. The van der Waals surface area contributed by atoms with Gasteiger partial charge in [-0.05, 0) is 49.4 Å². The molecule has 0 amide bonds. The summed E-state index contributed by atoms with van der Waals surface area (Å²) in [5, 5.41) is 6.37. The third kappa shape index (κ3) is 3.02. The van der Waals surface area contributed by atoms with Gasteiger partial charge in [0.2, 0.25) is 0 Å². The van der Waals surface area contributed by atoms with Gasteiger partial charge in [-0.15, -0.1) is 11.3 Å². The standard InChI is InChI=1S/C36H25N3S/c1-3-12-28-25(4-2)31-32-27-16-9-11-18-30(27)40-36(32)33-26-15-8-10-17-29(26)38(23-13-6-5-7-14-23)35(33)34(31)39(28)24-19-21-37-22-20-24/h3-22H,2H2,1H3/b12-3-. The van der Waals surface area contributed by atoms with Crippen LogP contribution in [0.2, 0.25) is 0 Å². The van der Waals surface area contributed by atoms with Gasteiger partial charge in [0.15, 0.2) is 0 Å². The number of nitrogens with zero attached hydrogens (tertiary/aromatic N) is 3. The number of para-hydroxylation sites is 2. The van der Waals surface area contributed by atoms with E-state index in [0.29, 0.717) is 0 Å². The number of aromatic nitrogens is 3. The second-order valence-corrected chi connectivity index (χ2v) is 11.0. The molecule has 4 heteroatoms. The summed E-state index contributed by atoms with van der Waals surface area (Å²) in [6.07, 6.45) is 10.1. The molecule has 190 valence electrons. The SMILES string of the molecule is C=Cc1c(/C=C\C)n(-c2ccncc2)c2c1c1c3ccccc3sc1c1c3ccccc3n(-c3ccccc3)c12. The Hall–Kier alpha value is -4.93. The smallest absolute Gasteiger partial charge is 0.0803 e. The lowest BCUT2D eigenvalue weighted by molar-refractivity contribution is 1.09. The van der Waals surface area contributed by atoms with Gasteiger partial charge in [0.05, 0.1) is 22.2 Å². The molecule has 4 aromatic carbocycles. The van der Waals surface area contributed by atoms with Crippen LogP contribution in [0.15, 0.2) is 116 Å². The molecule has 0 saturated carbocycles. The molecule has 0 aliphatic carbocycles. The first-order valence-electron chi connectivity index (χ1n) is 13.5. The lowest BCUT2D eigenvalue weighted by Gasteiger charge is -2.13. The summed E-state index contributed by atoms with van der Waals surface area (Å²) in [5.74, 6) is 0. The van der Waals surface area contributed by atoms with E-state index in [1.165, 1.54) is 52.9 Å². The number of hydrogen-bond acceptors (Lipinski definition) is 2. The number of rotatable bonds is 4. The maximum Gasteiger partial charge on any atom is 0.0803 e. The molecular formula is C36H25N3S. The maximum atomic E-state index is 4.34. The largest absolute Gasteiger partial charge is 0.307 e. The van der Waals surface area contributed by atoms with Gasteiger partial charge in [-0.3, -0.25) is 4.98 Å². The van der Waals surface area contributed by atoms with Crippen LogP contribution in [-0.4, -0.2) is 14.1 Å². The van der Waals surface area contributed by atoms with Crippen LogP contribution >= 0.6 is 11.3 Å². The molecule has 0 N–H and O–H groups in total. The van der Waals surface area contributed by atoms with Crippen molar-refractivity contribution in [2.24, 2.45) is 0 Å². The number of fused-ring (bicyclic) bond motifs is 10. The normalized spacial score (nSPS) is 12.1. The molecule has 0 aliphatic rings. The van der Waals surface area contributed by atoms with Crippen LogP contribution in [0.5, 0.6) is 0 Å². The van der Waals surface area contributed by atoms with Crippen molar-refractivity contribution in [1.29, 1.82) is 0 Å². The molecule has 0 radical (unpaired) electrons. The highest BCUT2D eigenvalue weighted by Crippen LogP contribution is 2.50. The second-order valence-electron chi connectivity index (χ2n) is 9.98. The predicted molar refractivity (Wildman–Crippen MR) is 173 cm³/mol. The first kappa shape index (κ1) is 23.0. The average molecular weight is 532 g/mol. The Morgan fingerprint density at radius 2 is 1.38 bits per heavy atom. The van der Waals surface area contributed by atoms with Gasteiger partial charge in [-0.1, -0.05) is 73.3 Å². The lowest BCUT2D eigenvalue weighted by atomic mass is 10.0. The lowest BCUT2D eigenvalue weighted by Crippen LogP contribution is -2.00. The van der Waals surface area contributed by atoms with E-state index in [1.54, 1.807) is 0 Å². The van der Waals surface area contributed by atoms with Gasteiger partial charge in [-0.2, -0.15) is 0 Å². The molecule has 40 heavy (non-hydrogen) atoms. The Morgan fingerprint density at radius 1 is 0.700 bits per heavy atom. The molecule has 0 bridgehead atoms. The van der Waals surface area contributed by atoms with Crippen molar-refractivity contribution in [3.8, 4) is 11.4 Å². The van der Waals surface area contributed by atoms with Crippen LogP contribution in [-0.2, 0) is 0 Å². The van der Waals surface area contributed by atoms with E-state index in [1.807, 2.05) is 29.8 Å². The van der Waals surface area contributed by atoms with Gasteiger partial charge in [0.1, 0.15) is 0 Å². The van der Waals surface area contributed by atoms with Gasteiger partial charge < -0.3 is 9.13 Å². The summed E-state index contributed by atoms with van der Waals surface area (Å²) in [4.78, 5) is 4.34. The number of pyridine rings is 1. The van der Waals surface area contributed by atoms with Crippen molar-refractivity contribution in [3.05, 3.63) is 127 Å². The van der Waals surface area contributed by atoms with Gasteiger partial charge in [0.25, 0.3) is 0 Å². The van der Waals surface area contributed by atoms with Crippen molar-refractivity contribution in [2.75, 3.05) is 0 Å². The zero-order valence-electron chi connectivity index (χ0n) is 22.0. The Kier molecular flexibility index (Phi) is 5.06.